The molecule has 0 atom stereocenters. The fourth-order valence-corrected chi connectivity index (χ4v) is 1.71. The first kappa shape index (κ1) is 13.3. The summed E-state index contributed by atoms with van der Waals surface area (Å²) in [5.41, 5.74) is -0.200. The van der Waals surface area contributed by atoms with Crippen molar-refractivity contribution >= 4 is 16.9 Å². The molecule has 0 radical (unpaired) electrons. The highest BCUT2D eigenvalue weighted by molar-refractivity contribution is 5.82. The van der Waals surface area contributed by atoms with Crippen molar-refractivity contribution in [2.24, 2.45) is 0 Å². The number of hydrogen-bond acceptors (Lipinski definition) is 3. The number of alkyl halides is 3. The van der Waals surface area contributed by atoms with Crippen molar-refractivity contribution in [3.8, 4) is 0 Å². The Balaban J connectivity index is 2.44. The first-order valence-corrected chi connectivity index (χ1v) is 5.40. The number of rotatable bonds is 3. The molecule has 4 nitrogen and oxygen atoms in total. The van der Waals surface area contributed by atoms with Crippen LogP contribution in [0.4, 0.5) is 13.2 Å². The average molecular weight is 270 g/mol. The van der Waals surface area contributed by atoms with Crippen LogP contribution >= 0.6 is 0 Å². The lowest BCUT2D eigenvalue weighted by Gasteiger charge is -2.08. The second-order valence-corrected chi connectivity index (χ2v) is 3.94. The lowest BCUT2D eigenvalue weighted by Crippen LogP contribution is -2.05. The minimum Gasteiger partial charge on any atom is -0.481 e. The number of carboxylic acids is 1. The zero-order chi connectivity index (χ0) is 14.0. The third-order valence-electron chi connectivity index (χ3n) is 2.62. The van der Waals surface area contributed by atoms with Crippen molar-refractivity contribution in [2.75, 3.05) is 0 Å². The molecule has 19 heavy (non-hydrogen) atoms. The monoisotopic (exact) mass is 270 g/mol. The molecular formula is C12H9F3N2O2. The molecule has 1 heterocycles. The normalized spacial score (nSPS) is 11.7. The predicted octanol–water partition coefficient (Wildman–Crippen LogP) is 2.67. The van der Waals surface area contributed by atoms with E-state index in [9.17, 15) is 18.0 Å². The molecule has 2 aromatic rings. The number of nitrogens with zero attached hydrogens (tertiary/aromatic N) is 2. The first-order chi connectivity index (χ1) is 8.88. The number of aromatic nitrogens is 2. The predicted molar refractivity (Wildman–Crippen MR) is 60.5 cm³/mol. The molecule has 1 aromatic carbocycles. The fraction of sp³-hybridized carbons (Fsp3) is 0.250. The van der Waals surface area contributed by atoms with Crippen molar-refractivity contribution in [2.45, 2.75) is 19.0 Å². The molecule has 0 amide bonds. The maximum atomic E-state index is 12.5. The van der Waals surface area contributed by atoms with Crippen LogP contribution in [0.5, 0.6) is 0 Å². The zero-order valence-corrected chi connectivity index (χ0v) is 9.61. The molecule has 0 aliphatic rings. The molecule has 2 rings (SSSR count). The van der Waals surface area contributed by atoms with Gasteiger partial charge >= 0.3 is 12.1 Å². The van der Waals surface area contributed by atoms with E-state index in [4.69, 9.17) is 5.11 Å². The van der Waals surface area contributed by atoms with E-state index in [-0.39, 0.29) is 18.4 Å². The Labute approximate surface area is 105 Å². The van der Waals surface area contributed by atoms with Crippen molar-refractivity contribution in [3.05, 3.63) is 35.8 Å². The van der Waals surface area contributed by atoms with Crippen molar-refractivity contribution in [3.63, 3.8) is 0 Å². The van der Waals surface area contributed by atoms with Crippen LogP contribution in [-0.2, 0) is 17.4 Å². The van der Waals surface area contributed by atoms with Crippen LogP contribution in [0.15, 0.2) is 24.5 Å². The van der Waals surface area contributed by atoms with Gasteiger partial charge in [-0.3, -0.25) is 4.79 Å². The van der Waals surface area contributed by atoms with Crippen LogP contribution in [0.1, 0.15) is 17.7 Å². The van der Waals surface area contributed by atoms with Gasteiger partial charge in [0.2, 0.25) is 0 Å². The number of carboxylic acid groups (broad SMARTS) is 1. The van der Waals surface area contributed by atoms with E-state index in [1.54, 1.807) is 0 Å². The van der Waals surface area contributed by atoms with Crippen LogP contribution in [0.3, 0.4) is 0 Å². The Morgan fingerprint density at radius 1 is 1.26 bits per heavy atom. The lowest BCUT2D eigenvalue weighted by atomic mass is 10.1. The topological polar surface area (TPSA) is 63.1 Å². The summed E-state index contributed by atoms with van der Waals surface area (Å²) >= 11 is 0. The Bertz CT molecular complexity index is 626. The molecule has 100 valence electrons. The summed E-state index contributed by atoms with van der Waals surface area (Å²) in [5.74, 6) is -0.987. The molecule has 7 heteroatoms. The van der Waals surface area contributed by atoms with Gasteiger partial charge in [0.25, 0.3) is 0 Å². The van der Waals surface area contributed by atoms with E-state index in [1.807, 2.05) is 0 Å². The minimum atomic E-state index is -4.43. The third kappa shape index (κ3) is 2.98. The summed E-state index contributed by atoms with van der Waals surface area (Å²) in [5, 5.41) is 9.05. The van der Waals surface area contributed by atoms with E-state index in [0.29, 0.717) is 11.1 Å². The van der Waals surface area contributed by atoms with Gasteiger partial charge in [0, 0.05) is 11.8 Å². The van der Waals surface area contributed by atoms with Gasteiger partial charge in [0.15, 0.2) is 0 Å². The molecule has 0 aliphatic carbocycles. The summed E-state index contributed by atoms with van der Waals surface area (Å²) in [6, 6.07) is 3.15. The Hall–Kier alpha value is -2.18. The van der Waals surface area contributed by atoms with Gasteiger partial charge in [0.1, 0.15) is 6.33 Å². The first-order valence-electron chi connectivity index (χ1n) is 5.40. The van der Waals surface area contributed by atoms with Crippen LogP contribution < -0.4 is 0 Å². The quantitative estimate of drug-likeness (QED) is 0.931. The summed E-state index contributed by atoms with van der Waals surface area (Å²) in [6.45, 7) is 0. The van der Waals surface area contributed by atoms with Crippen LogP contribution in [0.2, 0.25) is 0 Å². The second-order valence-electron chi connectivity index (χ2n) is 3.94. The summed E-state index contributed by atoms with van der Waals surface area (Å²) in [4.78, 5) is 18.2. The second kappa shape index (κ2) is 4.83. The van der Waals surface area contributed by atoms with E-state index in [1.165, 1.54) is 6.07 Å². The van der Waals surface area contributed by atoms with Crippen LogP contribution in [0.25, 0.3) is 10.9 Å². The molecule has 0 saturated heterocycles. The maximum Gasteiger partial charge on any atom is 0.416 e. The van der Waals surface area contributed by atoms with E-state index >= 15 is 0 Å². The van der Waals surface area contributed by atoms with E-state index in [2.05, 4.69) is 9.97 Å². The molecular weight excluding hydrogens is 261 g/mol. The summed E-state index contributed by atoms with van der Waals surface area (Å²) in [7, 11) is 0. The van der Waals surface area contributed by atoms with Gasteiger partial charge in [-0.05, 0) is 12.1 Å². The fourth-order valence-electron chi connectivity index (χ4n) is 1.71. The Morgan fingerprint density at radius 2 is 2.00 bits per heavy atom. The van der Waals surface area contributed by atoms with Crippen molar-refractivity contribution in [1.82, 2.24) is 9.97 Å². The molecule has 0 spiro atoms. The molecule has 1 aromatic heterocycles. The summed E-state index contributed by atoms with van der Waals surface area (Å²) in [6.07, 6.45) is -3.27. The summed E-state index contributed by atoms with van der Waals surface area (Å²) < 4.78 is 37.6. The van der Waals surface area contributed by atoms with Gasteiger partial charge in [0.05, 0.1) is 23.2 Å². The number of fused-ring (bicyclic) bond motifs is 1. The highest BCUT2D eigenvalue weighted by atomic mass is 19.4. The minimum absolute atomic E-state index is 0.132. The average Bonchev–Trinajstić information content (AvgIpc) is 2.34. The lowest BCUT2D eigenvalue weighted by molar-refractivity contribution is -0.138. The highest BCUT2D eigenvalue weighted by Crippen LogP contribution is 2.31. The SMILES string of the molecule is O=C(O)CCc1ncnc2cc(C(F)(F)F)ccc12. The highest BCUT2D eigenvalue weighted by Gasteiger charge is 2.30. The maximum absolute atomic E-state index is 12.5. The van der Waals surface area contributed by atoms with Crippen LogP contribution in [-0.4, -0.2) is 21.0 Å². The smallest absolute Gasteiger partial charge is 0.416 e. The van der Waals surface area contributed by atoms with Gasteiger partial charge in [-0.15, -0.1) is 0 Å². The number of aliphatic carboxylic acids is 1. The number of carbonyl (C=O) groups is 1. The van der Waals surface area contributed by atoms with Gasteiger partial charge in [-0.25, -0.2) is 9.97 Å². The van der Waals surface area contributed by atoms with Crippen molar-refractivity contribution < 1.29 is 23.1 Å². The Kier molecular flexibility index (Phi) is 3.37. The molecule has 0 fully saturated rings. The molecule has 0 unspecified atom stereocenters. The van der Waals surface area contributed by atoms with Gasteiger partial charge in [-0.2, -0.15) is 13.2 Å². The molecule has 0 bridgehead atoms. The largest absolute Gasteiger partial charge is 0.481 e. The molecule has 1 N–H and O–H groups in total. The zero-order valence-electron chi connectivity index (χ0n) is 9.61. The third-order valence-corrected chi connectivity index (χ3v) is 2.62. The number of benzene rings is 1. The number of hydrogen-bond donors (Lipinski definition) is 1. The standard InChI is InChI=1S/C12H9F3N2O2/c13-12(14,15)7-1-2-8-9(3-4-11(18)19)16-6-17-10(8)5-7/h1-2,5-6H,3-4H2,(H,18,19). The van der Waals surface area contributed by atoms with Crippen LogP contribution in [0, 0.1) is 0 Å². The van der Waals surface area contributed by atoms with Gasteiger partial charge in [-0.1, -0.05) is 6.07 Å². The number of halogens is 3. The van der Waals surface area contributed by atoms with E-state index in [0.717, 1.165) is 18.5 Å². The van der Waals surface area contributed by atoms with Gasteiger partial charge < -0.3 is 5.11 Å². The Morgan fingerprint density at radius 3 is 2.63 bits per heavy atom. The van der Waals surface area contributed by atoms with E-state index < -0.39 is 17.7 Å². The van der Waals surface area contributed by atoms with Crippen molar-refractivity contribution in [1.29, 1.82) is 0 Å². The molecule has 0 aliphatic heterocycles. The number of aryl methyl sites for hydroxylation is 1. The molecule has 0 saturated carbocycles.